The minimum Gasteiger partial charge on any atom is -0.474 e. The van der Waals surface area contributed by atoms with Gasteiger partial charge in [0.2, 0.25) is 5.88 Å². The molecule has 3 rings (SSSR count). The highest BCUT2D eigenvalue weighted by atomic mass is 16.5. The van der Waals surface area contributed by atoms with E-state index >= 15 is 0 Å². The van der Waals surface area contributed by atoms with Gasteiger partial charge >= 0.3 is 0 Å². The summed E-state index contributed by atoms with van der Waals surface area (Å²) >= 11 is 0. The monoisotopic (exact) mass is 239 g/mol. The zero-order valence-corrected chi connectivity index (χ0v) is 10.4. The van der Waals surface area contributed by atoms with Gasteiger partial charge in [0.15, 0.2) is 0 Å². The molecule has 0 saturated heterocycles. The Morgan fingerprint density at radius 2 is 1.72 bits per heavy atom. The molecule has 1 aromatic carbocycles. The molecule has 0 spiro atoms. The number of aromatic nitrogens is 1. The van der Waals surface area contributed by atoms with E-state index < -0.39 is 0 Å². The molecule has 0 unspecified atom stereocenters. The summed E-state index contributed by atoms with van der Waals surface area (Å²) < 4.78 is 6.05. The first-order valence-corrected chi connectivity index (χ1v) is 6.60. The van der Waals surface area contributed by atoms with Crippen LogP contribution in [0.15, 0.2) is 48.7 Å². The fourth-order valence-electron chi connectivity index (χ4n) is 2.49. The van der Waals surface area contributed by atoms with Crippen molar-refractivity contribution in [2.24, 2.45) is 0 Å². The van der Waals surface area contributed by atoms with Crippen molar-refractivity contribution in [2.75, 3.05) is 0 Å². The average molecular weight is 239 g/mol. The van der Waals surface area contributed by atoms with Crippen LogP contribution in [0.5, 0.6) is 5.88 Å². The van der Waals surface area contributed by atoms with Crippen LogP contribution in [-0.4, -0.2) is 11.1 Å². The van der Waals surface area contributed by atoms with Crippen molar-refractivity contribution >= 4 is 0 Å². The summed E-state index contributed by atoms with van der Waals surface area (Å²) in [6, 6.07) is 14.3. The summed E-state index contributed by atoms with van der Waals surface area (Å²) in [7, 11) is 0. The summed E-state index contributed by atoms with van der Waals surface area (Å²) in [6.45, 7) is 0. The third-order valence-electron chi connectivity index (χ3n) is 3.44. The smallest absolute Gasteiger partial charge is 0.221 e. The van der Waals surface area contributed by atoms with Gasteiger partial charge < -0.3 is 4.74 Å². The highest BCUT2D eigenvalue weighted by molar-refractivity contribution is 5.68. The molecule has 0 radical (unpaired) electrons. The van der Waals surface area contributed by atoms with Gasteiger partial charge in [0, 0.05) is 11.8 Å². The molecular formula is C16H17NO. The lowest BCUT2D eigenvalue weighted by atomic mass is 10.1. The van der Waals surface area contributed by atoms with Gasteiger partial charge in [-0.25, -0.2) is 4.98 Å². The van der Waals surface area contributed by atoms with Crippen molar-refractivity contribution in [2.45, 2.75) is 31.8 Å². The number of benzene rings is 1. The molecule has 0 atom stereocenters. The molecule has 1 aliphatic rings. The van der Waals surface area contributed by atoms with Crippen molar-refractivity contribution in [1.82, 2.24) is 4.98 Å². The maximum absolute atomic E-state index is 6.05. The Morgan fingerprint density at radius 1 is 0.944 bits per heavy atom. The topological polar surface area (TPSA) is 22.1 Å². The Morgan fingerprint density at radius 3 is 2.50 bits per heavy atom. The summed E-state index contributed by atoms with van der Waals surface area (Å²) in [6.07, 6.45) is 7.02. The fourth-order valence-corrected chi connectivity index (χ4v) is 2.49. The third-order valence-corrected chi connectivity index (χ3v) is 3.44. The molecule has 0 aliphatic heterocycles. The van der Waals surface area contributed by atoms with Crippen LogP contribution in [0.1, 0.15) is 25.7 Å². The molecule has 18 heavy (non-hydrogen) atoms. The van der Waals surface area contributed by atoms with Crippen molar-refractivity contribution < 1.29 is 4.74 Å². The van der Waals surface area contributed by atoms with E-state index in [1.54, 1.807) is 6.20 Å². The summed E-state index contributed by atoms with van der Waals surface area (Å²) in [5, 5.41) is 0. The fraction of sp³-hybridized carbons (Fsp3) is 0.312. The van der Waals surface area contributed by atoms with Gasteiger partial charge in [-0.2, -0.15) is 0 Å². The number of hydrogen-bond acceptors (Lipinski definition) is 2. The quantitative estimate of drug-likeness (QED) is 0.805. The van der Waals surface area contributed by atoms with Crippen LogP contribution in [0.2, 0.25) is 0 Å². The van der Waals surface area contributed by atoms with Gasteiger partial charge in [-0.3, -0.25) is 0 Å². The minimum atomic E-state index is 0.349. The lowest BCUT2D eigenvalue weighted by Gasteiger charge is -2.15. The number of pyridine rings is 1. The van der Waals surface area contributed by atoms with Crippen molar-refractivity contribution in [3.8, 4) is 17.0 Å². The predicted molar refractivity (Wildman–Crippen MR) is 72.6 cm³/mol. The van der Waals surface area contributed by atoms with Gasteiger partial charge in [-0.05, 0) is 43.4 Å². The van der Waals surface area contributed by atoms with Gasteiger partial charge in [0.1, 0.15) is 6.10 Å². The number of nitrogens with zero attached hydrogens (tertiary/aromatic N) is 1. The first-order chi connectivity index (χ1) is 8.93. The van der Waals surface area contributed by atoms with Crippen molar-refractivity contribution in [1.29, 1.82) is 0 Å². The SMILES string of the molecule is c1ccc(-c2cccnc2OC2CCCC2)cc1. The molecule has 0 bridgehead atoms. The molecule has 1 saturated carbocycles. The first kappa shape index (κ1) is 11.3. The lowest BCUT2D eigenvalue weighted by molar-refractivity contribution is 0.202. The number of rotatable bonds is 3. The number of hydrogen-bond donors (Lipinski definition) is 0. The zero-order valence-electron chi connectivity index (χ0n) is 10.4. The largest absolute Gasteiger partial charge is 0.474 e. The summed E-state index contributed by atoms with van der Waals surface area (Å²) in [5.41, 5.74) is 2.25. The van der Waals surface area contributed by atoms with Crippen LogP contribution in [0.25, 0.3) is 11.1 Å². The molecule has 0 N–H and O–H groups in total. The van der Waals surface area contributed by atoms with Crippen molar-refractivity contribution in [3.63, 3.8) is 0 Å². The Labute approximate surface area is 108 Å². The van der Waals surface area contributed by atoms with Crippen LogP contribution in [0, 0.1) is 0 Å². The van der Waals surface area contributed by atoms with E-state index in [9.17, 15) is 0 Å². The van der Waals surface area contributed by atoms with Crippen LogP contribution in [0.4, 0.5) is 0 Å². The highest BCUT2D eigenvalue weighted by Gasteiger charge is 2.18. The average Bonchev–Trinajstić information content (AvgIpc) is 2.93. The molecule has 1 aliphatic carbocycles. The third kappa shape index (κ3) is 2.37. The maximum Gasteiger partial charge on any atom is 0.221 e. The number of ether oxygens (including phenoxy) is 1. The van der Waals surface area contributed by atoms with E-state index in [0.29, 0.717) is 6.10 Å². The second-order valence-electron chi connectivity index (χ2n) is 4.75. The van der Waals surface area contributed by atoms with Crippen LogP contribution in [0.3, 0.4) is 0 Å². The zero-order chi connectivity index (χ0) is 12.2. The molecular weight excluding hydrogens is 222 g/mol. The molecule has 0 amide bonds. The Kier molecular flexibility index (Phi) is 3.26. The van der Waals surface area contributed by atoms with E-state index in [0.717, 1.165) is 24.3 Å². The van der Waals surface area contributed by atoms with E-state index in [1.807, 2.05) is 24.3 Å². The van der Waals surface area contributed by atoms with Gasteiger partial charge in [-0.15, -0.1) is 0 Å². The Hall–Kier alpha value is -1.83. The van der Waals surface area contributed by atoms with E-state index in [-0.39, 0.29) is 0 Å². The lowest BCUT2D eigenvalue weighted by Crippen LogP contribution is -2.12. The molecule has 92 valence electrons. The highest BCUT2D eigenvalue weighted by Crippen LogP contribution is 2.31. The predicted octanol–water partition coefficient (Wildman–Crippen LogP) is 4.07. The summed E-state index contributed by atoms with van der Waals surface area (Å²) in [5.74, 6) is 0.774. The second kappa shape index (κ2) is 5.21. The van der Waals surface area contributed by atoms with Crippen LogP contribution in [-0.2, 0) is 0 Å². The normalized spacial score (nSPS) is 15.8. The molecule has 2 heteroatoms. The molecule has 2 nitrogen and oxygen atoms in total. The Balaban J connectivity index is 1.90. The molecule has 2 aromatic rings. The molecule has 1 aromatic heterocycles. The molecule has 1 fully saturated rings. The van der Waals surface area contributed by atoms with E-state index in [2.05, 4.69) is 23.2 Å². The second-order valence-corrected chi connectivity index (χ2v) is 4.75. The maximum atomic E-state index is 6.05. The van der Waals surface area contributed by atoms with Crippen molar-refractivity contribution in [3.05, 3.63) is 48.7 Å². The Bertz CT molecular complexity index is 504. The minimum absolute atomic E-state index is 0.349. The standard InChI is InChI=1S/C16H17NO/c1-2-7-13(8-3-1)15-11-6-12-17-16(15)18-14-9-4-5-10-14/h1-3,6-8,11-12,14H,4-5,9-10H2. The van der Waals surface area contributed by atoms with Crippen LogP contribution < -0.4 is 4.74 Å². The summed E-state index contributed by atoms with van der Waals surface area (Å²) in [4.78, 5) is 4.40. The van der Waals surface area contributed by atoms with Gasteiger partial charge in [0.05, 0.1) is 0 Å². The molecule has 1 heterocycles. The van der Waals surface area contributed by atoms with Crippen LogP contribution >= 0.6 is 0 Å². The van der Waals surface area contributed by atoms with Gasteiger partial charge in [-0.1, -0.05) is 30.3 Å². The first-order valence-electron chi connectivity index (χ1n) is 6.60. The van der Waals surface area contributed by atoms with E-state index in [1.165, 1.54) is 18.4 Å². The van der Waals surface area contributed by atoms with E-state index in [4.69, 9.17) is 4.74 Å². The van der Waals surface area contributed by atoms with Gasteiger partial charge in [0.25, 0.3) is 0 Å².